The van der Waals surface area contributed by atoms with E-state index in [2.05, 4.69) is 39.6 Å². The number of hydrogen-bond donors (Lipinski definition) is 4. The molecular formula is C18H34N8. The molecule has 2 fully saturated rings. The molecule has 2 rings (SSSR count). The normalized spacial score (nSPS) is 27.7. The Labute approximate surface area is 156 Å². The topological polar surface area (TPSA) is 137 Å². The van der Waals surface area contributed by atoms with Crippen molar-refractivity contribution in [3.8, 4) is 0 Å². The van der Waals surface area contributed by atoms with Crippen LogP contribution >= 0.6 is 0 Å². The molecule has 0 aromatic carbocycles. The molecule has 2 aliphatic carbocycles. The minimum atomic E-state index is 0.172. The van der Waals surface area contributed by atoms with Gasteiger partial charge < -0.3 is 16.9 Å². The van der Waals surface area contributed by atoms with Gasteiger partial charge in [0.15, 0.2) is 5.84 Å². The van der Waals surface area contributed by atoms with Gasteiger partial charge in [0.25, 0.3) is 0 Å². The van der Waals surface area contributed by atoms with Crippen LogP contribution in [-0.2, 0) is 0 Å². The Morgan fingerprint density at radius 1 is 1.08 bits per heavy atom. The van der Waals surface area contributed by atoms with Gasteiger partial charge in [-0.1, -0.05) is 13.8 Å². The summed E-state index contributed by atoms with van der Waals surface area (Å²) in [4.78, 5) is 3.77. The molecule has 0 radical (unpaired) electrons. The SMILES string of the molecule is CC1CCC/C(=N/N=C(/N)C=N)C1.CN=C(N)N/N=C1/CCCC(C)C1. The monoisotopic (exact) mass is 362 g/mol. The highest BCUT2D eigenvalue weighted by molar-refractivity contribution is 6.27. The molecule has 2 saturated carbocycles. The Morgan fingerprint density at radius 2 is 1.65 bits per heavy atom. The highest BCUT2D eigenvalue weighted by atomic mass is 15.4. The molecular weight excluding hydrogens is 328 g/mol. The lowest BCUT2D eigenvalue weighted by atomic mass is 9.89. The van der Waals surface area contributed by atoms with Crippen LogP contribution in [0.1, 0.15) is 65.2 Å². The molecule has 0 spiro atoms. The van der Waals surface area contributed by atoms with Crippen LogP contribution in [0.3, 0.4) is 0 Å². The van der Waals surface area contributed by atoms with Crippen LogP contribution in [0.25, 0.3) is 0 Å². The standard InChI is InChI=1S/C9H18N4.C9H16N4/c1-7-4-3-5-8(6-7)12-13-9(10)11-2;1-7-3-2-4-8(5-7)12-13-9(11)6-10/h7H,3-6H2,1-2H3,(H3,10,11,13);6-7,10H,2-5H2,1H3,(H2,11,13)/b12-8-;10-6?,12-8-. The van der Waals surface area contributed by atoms with Crippen LogP contribution < -0.4 is 16.9 Å². The quantitative estimate of drug-likeness (QED) is 0.349. The molecule has 0 aromatic rings. The molecule has 0 amide bonds. The van der Waals surface area contributed by atoms with Crippen molar-refractivity contribution < 1.29 is 0 Å². The zero-order chi connectivity index (χ0) is 19.4. The first kappa shape index (κ1) is 21.8. The fourth-order valence-corrected chi connectivity index (χ4v) is 3.06. The summed E-state index contributed by atoms with van der Waals surface area (Å²) < 4.78 is 0. The molecule has 0 saturated heterocycles. The minimum absolute atomic E-state index is 0.172. The summed E-state index contributed by atoms with van der Waals surface area (Å²) in [5.41, 5.74) is 15.8. The van der Waals surface area contributed by atoms with Crippen molar-refractivity contribution in [3.63, 3.8) is 0 Å². The number of hydrogen-bond acceptors (Lipinski definition) is 5. The first-order valence-electron chi connectivity index (χ1n) is 9.37. The van der Waals surface area contributed by atoms with Gasteiger partial charge in [0.2, 0.25) is 5.96 Å². The second-order valence-electron chi connectivity index (χ2n) is 7.14. The van der Waals surface area contributed by atoms with Crippen LogP contribution in [0.15, 0.2) is 20.3 Å². The first-order chi connectivity index (χ1) is 12.4. The van der Waals surface area contributed by atoms with Crippen molar-refractivity contribution in [2.75, 3.05) is 7.05 Å². The van der Waals surface area contributed by atoms with E-state index in [9.17, 15) is 0 Å². The van der Waals surface area contributed by atoms with E-state index < -0.39 is 0 Å². The van der Waals surface area contributed by atoms with E-state index in [1.165, 1.54) is 31.4 Å². The van der Waals surface area contributed by atoms with Gasteiger partial charge in [-0.25, -0.2) is 5.43 Å². The Hall–Kier alpha value is -2.25. The zero-order valence-electron chi connectivity index (χ0n) is 16.3. The second-order valence-corrected chi connectivity index (χ2v) is 7.14. The highest BCUT2D eigenvalue weighted by Crippen LogP contribution is 2.21. The molecule has 6 N–H and O–H groups in total. The third-order valence-corrected chi connectivity index (χ3v) is 4.52. The van der Waals surface area contributed by atoms with Crippen molar-refractivity contribution in [1.82, 2.24) is 5.43 Å². The number of guanidine groups is 1. The molecule has 2 aliphatic rings. The van der Waals surface area contributed by atoms with Crippen molar-refractivity contribution in [1.29, 1.82) is 5.41 Å². The van der Waals surface area contributed by atoms with Crippen LogP contribution in [0.2, 0.25) is 0 Å². The van der Waals surface area contributed by atoms with E-state index in [1.807, 2.05) is 0 Å². The van der Waals surface area contributed by atoms with Crippen molar-refractivity contribution in [3.05, 3.63) is 0 Å². The summed E-state index contributed by atoms with van der Waals surface area (Å²) in [5.74, 6) is 2.02. The van der Waals surface area contributed by atoms with Gasteiger partial charge in [0, 0.05) is 18.5 Å². The summed E-state index contributed by atoms with van der Waals surface area (Å²) in [6, 6.07) is 0. The molecule has 0 aromatic heterocycles. The molecule has 0 bridgehead atoms. The van der Waals surface area contributed by atoms with Crippen molar-refractivity contribution in [2.24, 2.45) is 43.6 Å². The number of nitrogens with zero attached hydrogens (tertiary/aromatic N) is 4. The lowest BCUT2D eigenvalue weighted by Gasteiger charge is -2.18. The summed E-state index contributed by atoms with van der Waals surface area (Å²) >= 11 is 0. The summed E-state index contributed by atoms with van der Waals surface area (Å²) in [5, 5.41) is 18.8. The molecule has 26 heavy (non-hydrogen) atoms. The summed E-state index contributed by atoms with van der Waals surface area (Å²) in [7, 11) is 1.64. The molecule has 0 aliphatic heterocycles. The number of nitrogens with two attached hydrogens (primary N) is 2. The Balaban J connectivity index is 0.000000260. The van der Waals surface area contributed by atoms with Crippen molar-refractivity contribution >= 4 is 29.4 Å². The highest BCUT2D eigenvalue weighted by Gasteiger charge is 2.14. The van der Waals surface area contributed by atoms with E-state index >= 15 is 0 Å². The average Bonchev–Trinajstić information content (AvgIpc) is 2.64. The lowest BCUT2D eigenvalue weighted by Crippen LogP contribution is -2.29. The molecule has 146 valence electrons. The van der Waals surface area contributed by atoms with E-state index in [0.29, 0.717) is 11.9 Å². The molecule has 8 nitrogen and oxygen atoms in total. The van der Waals surface area contributed by atoms with Gasteiger partial charge in [0.1, 0.15) is 0 Å². The van der Waals surface area contributed by atoms with Gasteiger partial charge in [-0.3, -0.25) is 4.99 Å². The van der Waals surface area contributed by atoms with E-state index in [4.69, 9.17) is 16.9 Å². The van der Waals surface area contributed by atoms with Crippen LogP contribution in [-0.4, -0.2) is 36.5 Å². The summed E-state index contributed by atoms with van der Waals surface area (Å²) in [6.07, 6.45) is 10.3. The van der Waals surface area contributed by atoms with Gasteiger partial charge >= 0.3 is 0 Å². The van der Waals surface area contributed by atoms with Crippen molar-refractivity contribution in [2.45, 2.75) is 65.2 Å². The van der Waals surface area contributed by atoms with Crippen LogP contribution in [0.5, 0.6) is 0 Å². The molecule has 8 heteroatoms. The predicted molar refractivity (Wildman–Crippen MR) is 111 cm³/mol. The van der Waals surface area contributed by atoms with Gasteiger partial charge in [-0.2, -0.15) is 10.2 Å². The zero-order valence-corrected chi connectivity index (χ0v) is 16.3. The van der Waals surface area contributed by atoms with Gasteiger partial charge in [0.05, 0.1) is 6.21 Å². The maximum Gasteiger partial charge on any atom is 0.209 e. The Morgan fingerprint density at radius 3 is 2.19 bits per heavy atom. The Bertz CT molecular complexity index is 562. The van der Waals surface area contributed by atoms with Gasteiger partial charge in [-0.05, 0) is 63.2 Å². The second kappa shape index (κ2) is 12.2. The van der Waals surface area contributed by atoms with Crippen LogP contribution in [0.4, 0.5) is 0 Å². The smallest absolute Gasteiger partial charge is 0.209 e. The number of hydrazone groups is 1. The summed E-state index contributed by atoms with van der Waals surface area (Å²) in [6.45, 7) is 4.48. The number of amidine groups is 1. The number of aliphatic imine (C=N–C) groups is 1. The lowest BCUT2D eigenvalue weighted by molar-refractivity contribution is 0.498. The maximum atomic E-state index is 6.82. The molecule has 0 heterocycles. The Kier molecular flexibility index (Phi) is 10.2. The third kappa shape index (κ3) is 9.29. The maximum absolute atomic E-state index is 6.82. The number of rotatable bonds is 3. The number of nitrogens with one attached hydrogen (secondary N) is 2. The average molecular weight is 363 g/mol. The fourth-order valence-electron chi connectivity index (χ4n) is 3.06. The molecule has 2 unspecified atom stereocenters. The van der Waals surface area contributed by atoms with E-state index in [1.54, 1.807) is 7.05 Å². The molecule has 2 atom stereocenters. The fraction of sp³-hybridized carbons (Fsp3) is 0.722. The van der Waals surface area contributed by atoms with E-state index in [0.717, 1.165) is 43.5 Å². The minimum Gasteiger partial charge on any atom is -0.381 e. The van der Waals surface area contributed by atoms with Crippen LogP contribution in [0, 0.1) is 17.2 Å². The van der Waals surface area contributed by atoms with Gasteiger partial charge in [-0.15, -0.1) is 5.10 Å². The predicted octanol–water partition coefficient (Wildman–Crippen LogP) is 2.65. The first-order valence-corrected chi connectivity index (χ1v) is 9.37. The van der Waals surface area contributed by atoms with E-state index in [-0.39, 0.29) is 5.84 Å². The largest absolute Gasteiger partial charge is 0.381 e. The third-order valence-electron chi connectivity index (χ3n) is 4.52.